The Kier molecular flexibility index (Phi) is 62.5. The van der Waals surface area contributed by atoms with E-state index in [4.69, 9.17) is 116 Å². The van der Waals surface area contributed by atoms with E-state index in [2.05, 4.69) is 13.8 Å². The van der Waals surface area contributed by atoms with Crippen molar-refractivity contribution in [3.8, 4) is 0 Å². The average Bonchev–Trinajstić information content (AvgIpc) is 1.09. The lowest BCUT2D eigenvalue weighted by Gasteiger charge is -2.35. The number of benzene rings is 10. The molecule has 0 unspecified atom stereocenters. The molecule has 25 heteroatoms. The van der Waals surface area contributed by atoms with E-state index in [0.29, 0.717) is 18.8 Å². The zero-order valence-electron chi connectivity index (χ0n) is 77.7. The van der Waals surface area contributed by atoms with E-state index in [0.717, 1.165) is 81.3 Å². The molecule has 129 heavy (non-hydrogen) atoms. The minimum Gasteiger partial charge on any atom is -0.395 e. The number of aliphatic hydroxyl groups is 11. The predicted octanol–water partition coefficient (Wildman–Crippen LogP) is 9.30. The first-order valence-electron chi connectivity index (χ1n) is 44.6. The highest BCUT2D eigenvalue weighted by Crippen LogP contribution is 2.35. The summed E-state index contributed by atoms with van der Waals surface area (Å²) in [5.74, 6) is 0.595. The van der Waals surface area contributed by atoms with E-state index < -0.39 is 36.0 Å². The van der Waals surface area contributed by atoms with Gasteiger partial charge in [-0.1, -0.05) is 352 Å². The van der Waals surface area contributed by atoms with Crippen molar-refractivity contribution < 1.29 is 56.2 Å². The molecule has 0 amide bonds. The molecule has 2 aliphatic rings. The minimum absolute atomic E-state index is 0.00398. The van der Waals surface area contributed by atoms with Gasteiger partial charge in [0.15, 0.2) is 0 Å². The number of nitrogens with two attached hydrogens (primary N) is 14. The van der Waals surface area contributed by atoms with Crippen LogP contribution in [0.5, 0.6) is 0 Å². The van der Waals surface area contributed by atoms with Crippen molar-refractivity contribution in [3.05, 3.63) is 358 Å². The van der Waals surface area contributed by atoms with Gasteiger partial charge in [0.25, 0.3) is 0 Å². The Labute approximate surface area is 770 Å². The Bertz CT molecular complexity index is 4020. The van der Waals surface area contributed by atoms with Gasteiger partial charge >= 0.3 is 0 Å². The van der Waals surface area contributed by atoms with Crippen molar-refractivity contribution in [2.24, 2.45) is 91.6 Å². The maximum Gasteiger partial charge on any atom is 0.130 e. The summed E-state index contributed by atoms with van der Waals surface area (Å²) in [5, 5.41) is 99.2. The van der Waals surface area contributed by atoms with Crippen molar-refractivity contribution >= 4 is 0 Å². The van der Waals surface area contributed by atoms with Crippen LogP contribution in [0.25, 0.3) is 0 Å². The van der Waals surface area contributed by atoms with Crippen LogP contribution in [0.1, 0.15) is 204 Å². The highest BCUT2D eigenvalue weighted by molar-refractivity contribution is 5.40. The predicted molar refractivity (Wildman–Crippen MR) is 530 cm³/mol. The van der Waals surface area contributed by atoms with E-state index in [1.54, 1.807) is 20.8 Å². The Hall–Kier alpha value is -8.80. The molecule has 10 aromatic carbocycles. The van der Waals surface area contributed by atoms with Crippen LogP contribution in [0.3, 0.4) is 0 Å². The van der Waals surface area contributed by atoms with Gasteiger partial charge in [0, 0.05) is 66.8 Å². The Morgan fingerprint density at radius 2 is 0.705 bits per heavy atom. The summed E-state index contributed by atoms with van der Waals surface area (Å²) >= 11 is 0. The first-order chi connectivity index (χ1) is 61.3. The Morgan fingerprint density at radius 3 is 0.977 bits per heavy atom. The SMILES string of the molecule is CC(C)(C)[C@H](N)CO.CC(C)C[C@H](N)CO.CC[C@H](N)CO.C[C@@H](N)[C@@H](O)c1ccccc1.C[C@@H](O)[C@H](N)CO.C[C@H](N)CO.N[C@@H](CO)c1ccccc1.N[C@@H]1CCCC[C@H]1N.N[C@@H]1c2ccccc2C[C@@H]1O.N[C@H](Cc1ccccc1)C(O)(c1ccccc1)c1ccccc1.N[C@H](c1ccccc1)[C@@H](O)c1ccccc1.N[C@H](c1ccccc1)[C@H](N)c1ccccc1. The third-order valence-electron chi connectivity index (χ3n) is 21.1. The summed E-state index contributed by atoms with van der Waals surface area (Å²) in [4.78, 5) is 0. The van der Waals surface area contributed by atoms with Gasteiger partial charge in [-0.05, 0) is 125 Å². The molecule has 0 aromatic heterocycles. The lowest BCUT2D eigenvalue weighted by Crippen LogP contribution is -2.47. The smallest absolute Gasteiger partial charge is 0.130 e. The molecule has 714 valence electrons. The van der Waals surface area contributed by atoms with Gasteiger partial charge in [-0.3, -0.25) is 0 Å². The van der Waals surface area contributed by atoms with Crippen LogP contribution in [0.4, 0.5) is 0 Å². The summed E-state index contributed by atoms with van der Waals surface area (Å²) in [6.07, 6.45) is 5.68. The van der Waals surface area contributed by atoms with Crippen LogP contribution in [-0.4, -0.2) is 162 Å². The second-order valence-corrected chi connectivity index (χ2v) is 33.8. The van der Waals surface area contributed by atoms with Crippen LogP contribution < -0.4 is 80.3 Å². The first-order valence-corrected chi connectivity index (χ1v) is 44.6. The first kappa shape index (κ1) is 118. The van der Waals surface area contributed by atoms with Gasteiger partial charge in [-0.15, -0.1) is 0 Å². The van der Waals surface area contributed by atoms with E-state index in [1.807, 2.05) is 325 Å². The molecule has 0 radical (unpaired) electrons. The molecular formula is C104H162N14O11. The number of hydrogen-bond donors (Lipinski definition) is 25. The zero-order chi connectivity index (χ0) is 96.9. The van der Waals surface area contributed by atoms with Gasteiger partial charge in [-0.25, -0.2) is 0 Å². The Morgan fingerprint density at radius 1 is 0.372 bits per heavy atom. The summed E-state index contributed by atoms with van der Waals surface area (Å²) in [6, 6.07) is 93.4. The summed E-state index contributed by atoms with van der Waals surface area (Å²) in [6.45, 7) is 17.5. The van der Waals surface area contributed by atoms with Gasteiger partial charge in [0.2, 0.25) is 0 Å². The van der Waals surface area contributed by atoms with E-state index in [-0.39, 0.29) is 124 Å². The minimum atomic E-state index is -1.22. The molecule has 0 spiro atoms. The number of rotatable bonds is 24. The molecule has 12 rings (SSSR count). The van der Waals surface area contributed by atoms with Crippen molar-refractivity contribution in [2.75, 3.05) is 39.6 Å². The normalized spacial score (nSPS) is 17.3. The second kappa shape index (κ2) is 68.3. The van der Waals surface area contributed by atoms with Gasteiger partial charge < -0.3 is 136 Å². The van der Waals surface area contributed by atoms with Crippen LogP contribution >= 0.6 is 0 Å². The molecular weight excluding hydrogens is 1620 g/mol. The van der Waals surface area contributed by atoms with Gasteiger partial charge in [-0.2, -0.15) is 0 Å². The van der Waals surface area contributed by atoms with Crippen LogP contribution in [0, 0.1) is 11.3 Å². The van der Waals surface area contributed by atoms with Crippen molar-refractivity contribution in [1.82, 2.24) is 0 Å². The van der Waals surface area contributed by atoms with Gasteiger partial charge in [0.05, 0.1) is 88.2 Å². The molecule has 25 nitrogen and oxygen atoms in total. The molecule has 39 N–H and O–H groups in total. The van der Waals surface area contributed by atoms with Gasteiger partial charge in [0.1, 0.15) is 5.60 Å². The Balaban J connectivity index is 0.000000722. The maximum atomic E-state index is 11.6. The quantitative estimate of drug-likeness (QED) is 0.0268. The van der Waals surface area contributed by atoms with Crippen LogP contribution in [-0.2, 0) is 18.4 Å². The fourth-order valence-electron chi connectivity index (χ4n) is 12.3. The molecule has 0 heterocycles. The van der Waals surface area contributed by atoms with Crippen molar-refractivity contribution in [2.45, 2.75) is 228 Å². The summed E-state index contributed by atoms with van der Waals surface area (Å²) < 4.78 is 0. The molecule has 0 aliphatic heterocycles. The third-order valence-corrected chi connectivity index (χ3v) is 21.1. The molecule has 18 atom stereocenters. The number of hydrogen-bond acceptors (Lipinski definition) is 25. The number of aliphatic hydroxyl groups excluding tert-OH is 10. The van der Waals surface area contributed by atoms with Crippen LogP contribution in [0.15, 0.2) is 297 Å². The standard InChI is InChI=1S/C21H21NO.C14H16N2.C14H15NO.C9H11NO.C9H13NO.C8H11NO.C6H14N2.2C6H15NO.C4H11NO2.C4H11NO.C3H9NO/c22-20(16-17-10-4-1-5-11-17)21(23,18-12-6-2-7-13-18)19-14-8-3-9-15-19;2*15-13(11-7-3-1-4-8-11)14(16)12-9-5-2-6-10-12;10-9-7-4-2-1-3-6(7)5-8(9)11;1-7(10)9(11)8-5-3-2-4-6-8;9-8(6-10)7-4-2-1-3-5-7;7-5-3-1-2-4-6(5)8;1-6(2,3)5(7)4-8;1-5(2)3-6(7)4-8;1-3(7)4(5)2-6;1-2-4(5)3-6;1-3(4)2-5/h1-15,20,23H,16,22H2;1-10,13-14H,15-16H2;1-10,13-14,16H,15H2;1-4,8-9,11H,5,10H2;2-7,9,11H,10H2,1H3;1-5,8,10H,6,9H2;5-6H,1-4,7-8H2;5,8H,4,7H2,1-3H3;5-6,8H,3-4,7H2,1-2H3;3-4,6-7H,2,5H2,1H3;4,6H,2-3,5H2,1H3;3,5H,2,4H2,1H3/t20-;13-,14-;13-,14+;8-,9+;7-,9-;8-;5-,6-;5-;6-;3-,4-;4-;3-/m111010110100/s1. The highest BCUT2D eigenvalue weighted by Gasteiger charge is 2.38. The number of fused-ring (bicyclic) bond motifs is 1. The van der Waals surface area contributed by atoms with E-state index in [1.165, 1.54) is 18.4 Å². The van der Waals surface area contributed by atoms with Crippen molar-refractivity contribution in [3.63, 3.8) is 0 Å². The third kappa shape index (κ3) is 48.8. The molecule has 1 saturated carbocycles. The van der Waals surface area contributed by atoms with E-state index >= 15 is 0 Å². The van der Waals surface area contributed by atoms with Crippen molar-refractivity contribution in [1.29, 1.82) is 0 Å². The molecule has 0 bridgehead atoms. The van der Waals surface area contributed by atoms with E-state index in [9.17, 15) is 20.4 Å². The maximum absolute atomic E-state index is 11.6. The average molecular weight is 1780 g/mol. The largest absolute Gasteiger partial charge is 0.395 e. The molecule has 2 aliphatic carbocycles. The molecule has 10 aromatic rings. The zero-order valence-corrected chi connectivity index (χ0v) is 77.7. The fraction of sp³-hybridized carbons (Fsp3) is 0.423. The van der Waals surface area contributed by atoms with Crippen LogP contribution in [0.2, 0.25) is 0 Å². The topological polar surface area (TPSA) is 587 Å². The lowest BCUT2D eigenvalue weighted by atomic mass is 9.78. The second-order valence-electron chi connectivity index (χ2n) is 33.8. The summed E-state index contributed by atoms with van der Waals surface area (Å²) in [5.41, 5.74) is 88.8. The highest BCUT2D eigenvalue weighted by atomic mass is 16.3. The monoisotopic (exact) mass is 1780 g/mol. The lowest BCUT2D eigenvalue weighted by molar-refractivity contribution is 0.0516. The molecule has 0 saturated heterocycles. The molecule has 1 fully saturated rings. The fourth-order valence-corrected chi connectivity index (χ4v) is 12.3. The summed E-state index contributed by atoms with van der Waals surface area (Å²) in [7, 11) is 0.